The van der Waals surface area contributed by atoms with Crippen LogP contribution in [-0.4, -0.2) is 10.7 Å². The normalized spacial score (nSPS) is 16.6. The lowest BCUT2D eigenvalue weighted by molar-refractivity contribution is 0.444. The van der Waals surface area contributed by atoms with E-state index in [4.69, 9.17) is 4.99 Å². The van der Waals surface area contributed by atoms with Gasteiger partial charge in [0.05, 0.1) is 17.1 Å². The third-order valence-corrected chi connectivity index (χ3v) is 5.12. The molecule has 1 aromatic heterocycles. The second kappa shape index (κ2) is 7.39. The second-order valence-electron chi connectivity index (χ2n) is 6.39. The quantitative estimate of drug-likeness (QED) is 0.456. The van der Waals surface area contributed by atoms with Crippen molar-refractivity contribution < 1.29 is 0 Å². The zero-order valence-corrected chi connectivity index (χ0v) is 15.4. The van der Waals surface area contributed by atoms with E-state index in [1.807, 2.05) is 25.1 Å². The number of halogens is 1. The number of rotatable bonds is 3. The Labute approximate surface area is 147 Å². The van der Waals surface area contributed by atoms with Gasteiger partial charge in [-0.3, -0.25) is 4.99 Å². The molecule has 2 aromatic rings. The molecule has 0 saturated heterocycles. The first kappa shape index (κ1) is 16.4. The Morgan fingerprint density at radius 2 is 1.83 bits per heavy atom. The van der Waals surface area contributed by atoms with Gasteiger partial charge in [-0.05, 0) is 71.8 Å². The molecule has 120 valence electrons. The molecule has 0 aliphatic heterocycles. The van der Waals surface area contributed by atoms with Crippen molar-refractivity contribution in [1.29, 1.82) is 0 Å². The van der Waals surface area contributed by atoms with E-state index in [0.717, 1.165) is 21.7 Å². The largest absolute Gasteiger partial charge is 0.251 e. The Bertz CT molecular complexity index is 715. The number of hydrogen-bond acceptors (Lipinski definition) is 2. The summed E-state index contributed by atoms with van der Waals surface area (Å²) in [5, 5.41) is 0. The van der Waals surface area contributed by atoms with Gasteiger partial charge in [0.15, 0.2) is 0 Å². The van der Waals surface area contributed by atoms with Gasteiger partial charge < -0.3 is 0 Å². The molecule has 1 aliphatic carbocycles. The first-order valence-corrected chi connectivity index (χ1v) is 9.22. The Kier molecular flexibility index (Phi) is 5.27. The van der Waals surface area contributed by atoms with Crippen LogP contribution in [0.5, 0.6) is 0 Å². The van der Waals surface area contributed by atoms with Crippen LogP contribution in [0.3, 0.4) is 0 Å². The van der Waals surface area contributed by atoms with Crippen molar-refractivity contribution in [2.24, 2.45) is 4.99 Å². The highest BCUT2D eigenvalue weighted by Crippen LogP contribution is 2.39. The van der Waals surface area contributed by atoms with Crippen LogP contribution >= 0.6 is 15.9 Å². The predicted octanol–water partition coefficient (Wildman–Crippen LogP) is 6.34. The van der Waals surface area contributed by atoms with Gasteiger partial charge in [-0.2, -0.15) is 0 Å². The van der Waals surface area contributed by atoms with E-state index >= 15 is 0 Å². The van der Waals surface area contributed by atoms with E-state index in [1.165, 1.54) is 43.2 Å². The molecule has 0 N–H and O–H groups in total. The molecule has 0 atom stereocenters. The number of benzene rings is 1. The number of aliphatic imine (C=N–C) groups is 1. The molecule has 0 amide bonds. The summed E-state index contributed by atoms with van der Waals surface area (Å²) in [6, 6.07) is 12.6. The number of pyridine rings is 1. The maximum Gasteiger partial charge on any atom is 0.106 e. The van der Waals surface area contributed by atoms with E-state index in [0.29, 0.717) is 5.92 Å². The van der Waals surface area contributed by atoms with Crippen molar-refractivity contribution in [2.45, 2.75) is 51.9 Å². The minimum absolute atomic E-state index is 0.658. The number of hydrogen-bond donors (Lipinski definition) is 0. The van der Waals surface area contributed by atoms with Gasteiger partial charge in [-0.25, -0.2) is 4.98 Å². The van der Waals surface area contributed by atoms with Crippen molar-refractivity contribution in [3.63, 3.8) is 0 Å². The Morgan fingerprint density at radius 1 is 1.09 bits per heavy atom. The number of aromatic nitrogens is 1. The molecule has 0 radical (unpaired) electrons. The maximum absolute atomic E-state index is 4.98. The molecule has 1 aromatic carbocycles. The molecule has 1 saturated carbocycles. The average molecular weight is 371 g/mol. The summed E-state index contributed by atoms with van der Waals surface area (Å²) in [4.78, 5) is 9.51. The topological polar surface area (TPSA) is 25.2 Å². The van der Waals surface area contributed by atoms with Crippen LogP contribution in [0.4, 0.5) is 5.69 Å². The first-order valence-electron chi connectivity index (χ1n) is 8.43. The smallest absolute Gasteiger partial charge is 0.106 e. The summed E-state index contributed by atoms with van der Waals surface area (Å²) >= 11 is 3.44. The summed E-state index contributed by atoms with van der Waals surface area (Å²) in [6.45, 7) is 4.21. The van der Waals surface area contributed by atoms with Crippen LogP contribution < -0.4 is 0 Å². The summed E-state index contributed by atoms with van der Waals surface area (Å²) in [6.07, 6.45) is 6.64. The Balaban J connectivity index is 2.00. The van der Waals surface area contributed by atoms with E-state index < -0.39 is 0 Å². The number of para-hydroxylation sites is 1. The highest BCUT2D eigenvalue weighted by atomic mass is 79.9. The highest BCUT2D eigenvalue weighted by Gasteiger charge is 2.19. The van der Waals surface area contributed by atoms with Gasteiger partial charge in [-0.1, -0.05) is 43.5 Å². The van der Waals surface area contributed by atoms with Crippen molar-refractivity contribution >= 4 is 27.3 Å². The fraction of sp³-hybridized carbons (Fsp3) is 0.400. The van der Waals surface area contributed by atoms with Gasteiger partial charge >= 0.3 is 0 Å². The van der Waals surface area contributed by atoms with Crippen molar-refractivity contribution in [1.82, 2.24) is 4.98 Å². The summed E-state index contributed by atoms with van der Waals surface area (Å²) in [7, 11) is 0. The minimum Gasteiger partial charge on any atom is -0.251 e. The third-order valence-electron chi connectivity index (χ3n) is 4.68. The van der Waals surface area contributed by atoms with E-state index in [1.54, 1.807) is 0 Å². The van der Waals surface area contributed by atoms with Crippen LogP contribution in [-0.2, 0) is 0 Å². The molecule has 0 spiro atoms. The lowest BCUT2D eigenvalue weighted by Crippen LogP contribution is -2.06. The van der Waals surface area contributed by atoms with Gasteiger partial charge in [0.1, 0.15) is 4.60 Å². The predicted molar refractivity (Wildman–Crippen MR) is 101 cm³/mol. The molecular weight excluding hydrogens is 348 g/mol. The van der Waals surface area contributed by atoms with Gasteiger partial charge in [0.25, 0.3) is 0 Å². The molecule has 1 fully saturated rings. The molecule has 0 unspecified atom stereocenters. The van der Waals surface area contributed by atoms with Crippen LogP contribution in [0.1, 0.15) is 61.8 Å². The van der Waals surface area contributed by atoms with Crippen molar-refractivity contribution in [3.8, 4) is 0 Å². The maximum atomic E-state index is 4.98. The summed E-state index contributed by atoms with van der Waals surface area (Å²) in [5.74, 6) is 0.658. The fourth-order valence-electron chi connectivity index (χ4n) is 3.41. The van der Waals surface area contributed by atoms with Gasteiger partial charge in [-0.15, -0.1) is 0 Å². The highest BCUT2D eigenvalue weighted by molar-refractivity contribution is 9.10. The fourth-order valence-corrected chi connectivity index (χ4v) is 3.76. The summed E-state index contributed by atoms with van der Waals surface area (Å²) < 4.78 is 0.849. The molecule has 0 bridgehead atoms. The molecule has 2 nitrogen and oxygen atoms in total. The second-order valence-corrected chi connectivity index (χ2v) is 7.20. The molecule has 1 heterocycles. The van der Waals surface area contributed by atoms with Gasteiger partial charge in [0.2, 0.25) is 0 Å². The van der Waals surface area contributed by atoms with Crippen LogP contribution in [0, 0.1) is 6.92 Å². The minimum atomic E-state index is 0.658. The number of nitrogens with zero attached hydrogens (tertiary/aromatic N) is 2. The molecular formula is C20H23BrN2. The van der Waals surface area contributed by atoms with Crippen molar-refractivity contribution in [2.75, 3.05) is 0 Å². The first-order chi connectivity index (χ1) is 11.1. The van der Waals surface area contributed by atoms with E-state index in [9.17, 15) is 0 Å². The number of aryl methyl sites for hydroxylation is 1. The molecule has 1 aliphatic rings. The molecule has 3 rings (SSSR count). The van der Waals surface area contributed by atoms with Crippen LogP contribution in [0.2, 0.25) is 0 Å². The van der Waals surface area contributed by atoms with Crippen LogP contribution in [0.25, 0.3) is 0 Å². The van der Waals surface area contributed by atoms with Crippen molar-refractivity contribution in [3.05, 3.63) is 57.8 Å². The SMILES string of the molecule is CC(=Nc1c(C)cccc1C1CCCCC1)c1cccc(Br)n1. The lowest BCUT2D eigenvalue weighted by atomic mass is 9.82. The van der Waals surface area contributed by atoms with E-state index in [-0.39, 0.29) is 0 Å². The monoisotopic (exact) mass is 370 g/mol. The molecule has 23 heavy (non-hydrogen) atoms. The van der Waals surface area contributed by atoms with Crippen LogP contribution in [0.15, 0.2) is 46.0 Å². The summed E-state index contributed by atoms with van der Waals surface area (Å²) in [5.41, 5.74) is 5.72. The standard InChI is InChI=1S/C20H23BrN2/c1-14-8-6-11-17(16-9-4-3-5-10-16)20(14)22-15(2)18-12-7-13-19(21)23-18/h6-8,11-13,16H,3-5,9-10H2,1-2H3. The van der Waals surface area contributed by atoms with Gasteiger partial charge in [0, 0.05) is 0 Å². The average Bonchev–Trinajstić information content (AvgIpc) is 2.57. The Morgan fingerprint density at radius 3 is 2.57 bits per heavy atom. The zero-order chi connectivity index (χ0) is 16.2. The zero-order valence-electron chi connectivity index (χ0n) is 13.8. The lowest BCUT2D eigenvalue weighted by Gasteiger charge is -2.24. The third kappa shape index (κ3) is 3.89. The Hall–Kier alpha value is -1.48. The molecule has 3 heteroatoms. The van der Waals surface area contributed by atoms with E-state index in [2.05, 4.69) is 46.0 Å².